The second-order valence-electron chi connectivity index (χ2n) is 4.78. The van der Waals surface area contributed by atoms with Crippen molar-refractivity contribution in [2.24, 2.45) is 5.73 Å². The number of likely N-dealkylation sites (N-methyl/N-ethyl adjacent to an activating group) is 1. The highest BCUT2D eigenvalue weighted by molar-refractivity contribution is 5.24. The molecular weight excluding hydrogens is 279 g/mol. The summed E-state index contributed by atoms with van der Waals surface area (Å²) >= 11 is 0. The highest BCUT2D eigenvalue weighted by atomic mass is 19.2. The molecular formula is C15H16F3N3. The zero-order valence-electron chi connectivity index (χ0n) is 11.6. The van der Waals surface area contributed by atoms with E-state index in [0.29, 0.717) is 12.6 Å². The van der Waals surface area contributed by atoms with Crippen molar-refractivity contribution in [1.29, 1.82) is 0 Å². The molecule has 21 heavy (non-hydrogen) atoms. The number of nitrogens with zero attached hydrogens (tertiary/aromatic N) is 2. The molecule has 2 N–H and O–H groups in total. The van der Waals surface area contributed by atoms with Crippen molar-refractivity contribution in [2.45, 2.75) is 12.6 Å². The van der Waals surface area contributed by atoms with Gasteiger partial charge in [0, 0.05) is 30.9 Å². The first-order chi connectivity index (χ1) is 10.0. The van der Waals surface area contributed by atoms with E-state index in [1.54, 1.807) is 24.2 Å². The fourth-order valence-electron chi connectivity index (χ4n) is 2.20. The van der Waals surface area contributed by atoms with Crippen molar-refractivity contribution < 1.29 is 13.2 Å². The molecule has 0 amide bonds. The minimum atomic E-state index is -1.21. The molecule has 0 aliphatic carbocycles. The van der Waals surface area contributed by atoms with E-state index in [9.17, 15) is 13.2 Å². The maximum absolute atomic E-state index is 13.9. The lowest BCUT2D eigenvalue weighted by atomic mass is 10.0. The average molecular weight is 295 g/mol. The molecule has 1 heterocycles. The lowest BCUT2D eigenvalue weighted by molar-refractivity contribution is 0.233. The summed E-state index contributed by atoms with van der Waals surface area (Å²) in [4.78, 5) is 5.92. The Morgan fingerprint density at radius 3 is 2.48 bits per heavy atom. The molecule has 0 fully saturated rings. The van der Waals surface area contributed by atoms with Crippen LogP contribution in [-0.2, 0) is 6.54 Å². The Kier molecular flexibility index (Phi) is 4.93. The summed E-state index contributed by atoms with van der Waals surface area (Å²) in [7, 11) is 1.73. The van der Waals surface area contributed by atoms with E-state index in [1.807, 2.05) is 12.1 Å². The standard InChI is InChI=1S/C15H16F3N3/c1-21(9-10-4-2-3-5-20-10)15(8-19)11-6-13(17)14(18)7-12(11)16/h2-7,15H,8-9,19H2,1H3. The van der Waals surface area contributed by atoms with Gasteiger partial charge in [0.05, 0.1) is 11.7 Å². The van der Waals surface area contributed by atoms with Crippen LogP contribution in [-0.4, -0.2) is 23.5 Å². The van der Waals surface area contributed by atoms with Crippen LogP contribution in [0.4, 0.5) is 13.2 Å². The highest BCUT2D eigenvalue weighted by Crippen LogP contribution is 2.24. The van der Waals surface area contributed by atoms with Gasteiger partial charge >= 0.3 is 0 Å². The van der Waals surface area contributed by atoms with Gasteiger partial charge in [-0.2, -0.15) is 0 Å². The molecule has 0 spiro atoms. The van der Waals surface area contributed by atoms with Gasteiger partial charge in [-0.05, 0) is 25.2 Å². The number of nitrogens with two attached hydrogens (primary N) is 1. The summed E-state index contributed by atoms with van der Waals surface area (Å²) < 4.78 is 40.2. The van der Waals surface area contributed by atoms with E-state index in [4.69, 9.17) is 5.73 Å². The summed E-state index contributed by atoms with van der Waals surface area (Å²) in [5.74, 6) is -3.10. The molecule has 1 atom stereocenters. The minimum Gasteiger partial charge on any atom is -0.329 e. The Morgan fingerprint density at radius 1 is 1.14 bits per heavy atom. The van der Waals surface area contributed by atoms with Gasteiger partial charge in [0.15, 0.2) is 11.6 Å². The van der Waals surface area contributed by atoms with E-state index in [1.165, 1.54) is 0 Å². The van der Waals surface area contributed by atoms with Crippen LogP contribution in [0.1, 0.15) is 17.3 Å². The first kappa shape index (κ1) is 15.5. The van der Waals surface area contributed by atoms with Gasteiger partial charge < -0.3 is 5.73 Å². The summed E-state index contributed by atoms with van der Waals surface area (Å²) in [6.45, 7) is 0.493. The summed E-state index contributed by atoms with van der Waals surface area (Å²) in [5, 5.41) is 0. The van der Waals surface area contributed by atoms with Crippen molar-refractivity contribution in [3.05, 3.63) is 65.2 Å². The second kappa shape index (κ2) is 6.69. The molecule has 1 unspecified atom stereocenters. The number of hydrogen-bond acceptors (Lipinski definition) is 3. The zero-order chi connectivity index (χ0) is 15.4. The van der Waals surface area contributed by atoms with Crippen molar-refractivity contribution in [3.8, 4) is 0 Å². The lowest BCUT2D eigenvalue weighted by Crippen LogP contribution is -2.31. The number of aromatic nitrogens is 1. The van der Waals surface area contributed by atoms with E-state index in [0.717, 1.165) is 11.8 Å². The third-order valence-electron chi connectivity index (χ3n) is 3.29. The minimum absolute atomic E-state index is 0.0369. The van der Waals surface area contributed by atoms with Crippen LogP contribution in [0.15, 0.2) is 36.5 Å². The Bertz CT molecular complexity index is 605. The lowest BCUT2D eigenvalue weighted by Gasteiger charge is -2.27. The maximum atomic E-state index is 13.9. The number of rotatable bonds is 5. The molecule has 2 rings (SSSR count). The average Bonchev–Trinajstić information content (AvgIpc) is 2.46. The van der Waals surface area contributed by atoms with Gasteiger partial charge in [-0.25, -0.2) is 13.2 Å². The Morgan fingerprint density at radius 2 is 1.86 bits per heavy atom. The van der Waals surface area contributed by atoms with Crippen molar-refractivity contribution in [1.82, 2.24) is 9.88 Å². The van der Waals surface area contributed by atoms with Crippen LogP contribution < -0.4 is 5.73 Å². The molecule has 1 aromatic heterocycles. The topological polar surface area (TPSA) is 42.2 Å². The summed E-state index contributed by atoms with van der Waals surface area (Å²) in [6.07, 6.45) is 1.65. The van der Waals surface area contributed by atoms with Crippen LogP contribution in [0, 0.1) is 17.5 Å². The molecule has 1 aromatic carbocycles. The van der Waals surface area contributed by atoms with Gasteiger partial charge in [-0.15, -0.1) is 0 Å². The maximum Gasteiger partial charge on any atom is 0.161 e. The first-order valence-electron chi connectivity index (χ1n) is 6.47. The van der Waals surface area contributed by atoms with Crippen molar-refractivity contribution in [2.75, 3.05) is 13.6 Å². The van der Waals surface area contributed by atoms with Gasteiger partial charge in [-0.1, -0.05) is 6.07 Å². The van der Waals surface area contributed by atoms with Crippen molar-refractivity contribution in [3.63, 3.8) is 0 Å². The van der Waals surface area contributed by atoms with Crippen LogP contribution in [0.5, 0.6) is 0 Å². The van der Waals surface area contributed by atoms with Crippen molar-refractivity contribution >= 4 is 0 Å². The predicted molar refractivity (Wildman–Crippen MR) is 73.8 cm³/mol. The number of benzene rings is 1. The smallest absolute Gasteiger partial charge is 0.161 e. The van der Waals surface area contributed by atoms with Crippen LogP contribution in [0.2, 0.25) is 0 Å². The predicted octanol–water partition coefficient (Wildman–Crippen LogP) is 2.63. The molecule has 0 saturated heterocycles. The quantitative estimate of drug-likeness (QED) is 0.862. The van der Waals surface area contributed by atoms with Crippen LogP contribution >= 0.6 is 0 Å². The fourth-order valence-corrected chi connectivity index (χ4v) is 2.20. The Labute approximate surface area is 121 Å². The third kappa shape index (κ3) is 3.59. The zero-order valence-corrected chi connectivity index (χ0v) is 11.6. The summed E-state index contributed by atoms with van der Waals surface area (Å²) in [6, 6.07) is 6.29. The van der Waals surface area contributed by atoms with E-state index >= 15 is 0 Å². The third-order valence-corrected chi connectivity index (χ3v) is 3.29. The molecule has 2 aromatic rings. The number of halogens is 3. The van der Waals surface area contributed by atoms with Crippen LogP contribution in [0.3, 0.4) is 0 Å². The molecule has 0 radical (unpaired) electrons. The highest BCUT2D eigenvalue weighted by Gasteiger charge is 2.22. The van der Waals surface area contributed by atoms with Gasteiger partial charge in [0.2, 0.25) is 0 Å². The largest absolute Gasteiger partial charge is 0.329 e. The molecule has 0 aliphatic heterocycles. The number of pyridine rings is 1. The molecule has 0 bridgehead atoms. The molecule has 3 nitrogen and oxygen atoms in total. The van der Waals surface area contributed by atoms with E-state index in [-0.39, 0.29) is 12.1 Å². The second-order valence-corrected chi connectivity index (χ2v) is 4.78. The van der Waals surface area contributed by atoms with Crippen LogP contribution in [0.25, 0.3) is 0 Å². The fraction of sp³-hybridized carbons (Fsp3) is 0.267. The Hall–Kier alpha value is -1.92. The SMILES string of the molecule is CN(Cc1ccccn1)C(CN)c1cc(F)c(F)cc1F. The number of hydrogen-bond donors (Lipinski definition) is 1. The van der Waals surface area contributed by atoms with Gasteiger partial charge in [0.25, 0.3) is 0 Å². The summed E-state index contributed by atoms with van der Waals surface area (Å²) in [5.41, 5.74) is 6.49. The van der Waals surface area contributed by atoms with Gasteiger partial charge in [0.1, 0.15) is 5.82 Å². The first-order valence-corrected chi connectivity index (χ1v) is 6.47. The molecule has 6 heteroatoms. The normalized spacial score (nSPS) is 12.7. The monoisotopic (exact) mass is 295 g/mol. The van der Waals surface area contributed by atoms with E-state index < -0.39 is 23.5 Å². The molecule has 0 aliphatic rings. The molecule has 112 valence electrons. The Balaban J connectivity index is 2.25. The molecule has 0 saturated carbocycles. The van der Waals surface area contributed by atoms with Gasteiger partial charge in [-0.3, -0.25) is 9.88 Å². The van der Waals surface area contributed by atoms with E-state index in [2.05, 4.69) is 4.98 Å².